The first-order chi connectivity index (χ1) is 6.89. The molecule has 0 aliphatic rings. The van der Waals surface area contributed by atoms with E-state index in [4.69, 9.17) is 0 Å². The highest BCUT2D eigenvalue weighted by atomic mass is 79.9. The summed E-state index contributed by atoms with van der Waals surface area (Å²) in [5.41, 5.74) is -0.239. The first-order valence-electron chi connectivity index (χ1n) is 4.07. The smallest absolute Gasteiger partial charge is 0.333 e. The van der Waals surface area contributed by atoms with E-state index in [0.29, 0.717) is 9.99 Å². The minimum absolute atomic E-state index is 0.103. The van der Waals surface area contributed by atoms with E-state index in [1.54, 1.807) is 13.1 Å². The summed E-state index contributed by atoms with van der Waals surface area (Å²) in [5, 5.41) is 0. The van der Waals surface area contributed by atoms with Crippen LogP contribution in [0.5, 0.6) is 0 Å². The first kappa shape index (κ1) is 10.5. The summed E-state index contributed by atoms with van der Waals surface area (Å²) in [5.74, 6) is 0. The van der Waals surface area contributed by atoms with E-state index < -0.39 is 11.7 Å². The highest BCUT2D eigenvalue weighted by Crippen LogP contribution is 2.36. The van der Waals surface area contributed by atoms with Crippen LogP contribution >= 0.6 is 15.9 Å². The number of aromatic nitrogens is 2. The molecule has 0 saturated carbocycles. The molecule has 6 heteroatoms. The van der Waals surface area contributed by atoms with Gasteiger partial charge >= 0.3 is 6.18 Å². The number of imidazole rings is 1. The summed E-state index contributed by atoms with van der Waals surface area (Å²) >= 11 is 3.04. The van der Waals surface area contributed by atoms with Gasteiger partial charge in [-0.25, -0.2) is 4.98 Å². The van der Waals surface area contributed by atoms with E-state index in [0.717, 1.165) is 6.07 Å². The molecule has 0 bridgehead atoms. The molecule has 0 atom stereocenters. The van der Waals surface area contributed by atoms with Gasteiger partial charge in [-0.3, -0.25) is 0 Å². The van der Waals surface area contributed by atoms with Crippen LogP contribution in [0, 0.1) is 0 Å². The fourth-order valence-electron chi connectivity index (χ4n) is 1.48. The largest absolute Gasteiger partial charge is 0.418 e. The van der Waals surface area contributed by atoms with Crippen molar-refractivity contribution in [1.82, 2.24) is 9.55 Å². The van der Waals surface area contributed by atoms with Crippen molar-refractivity contribution in [3.63, 3.8) is 0 Å². The van der Waals surface area contributed by atoms with Crippen molar-refractivity contribution in [2.24, 2.45) is 7.05 Å². The standard InChI is InChI=1S/C9H6BrF3N2/c1-15-4-14-7-3-5(10)2-6(8(7)15)9(11,12)13/h2-4H,1H3. The van der Waals surface area contributed by atoms with Crippen LogP contribution in [0.25, 0.3) is 11.0 Å². The number of aryl methyl sites for hydroxylation is 1. The van der Waals surface area contributed by atoms with Crippen molar-refractivity contribution in [1.29, 1.82) is 0 Å². The Kier molecular flexibility index (Phi) is 2.26. The summed E-state index contributed by atoms with van der Waals surface area (Å²) < 4.78 is 39.8. The van der Waals surface area contributed by atoms with Crippen LogP contribution in [0.2, 0.25) is 0 Å². The predicted molar refractivity (Wildman–Crippen MR) is 53.4 cm³/mol. The van der Waals surface area contributed by atoms with Gasteiger partial charge in [0, 0.05) is 11.5 Å². The summed E-state index contributed by atoms with van der Waals surface area (Å²) in [4.78, 5) is 3.89. The quantitative estimate of drug-likeness (QED) is 0.723. The van der Waals surface area contributed by atoms with Crippen molar-refractivity contribution < 1.29 is 13.2 Å². The molecule has 2 aromatic rings. The molecule has 0 spiro atoms. The lowest BCUT2D eigenvalue weighted by atomic mass is 10.2. The minimum atomic E-state index is -4.37. The van der Waals surface area contributed by atoms with Gasteiger partial charge in [0.25, 0.3) is 0 Å². The van der Waals surface area contributed by atoms with E-state index in [1.807, 2.05) is 0 Å². The van der Waals surface area contributed by atoms with Crippen LogP contribution < -0.4 is 0 Å². The zero-order valence-corrected chi connectivity index (χ0v) is 9.22. The van der Waals surface area contributed by atoms with Gasteiger partial charge in [0.15, 0.2) is 0 Å². The Morgan fingerprint density at radius 3 is 2.60 bits per heavy atom. The third-order valence-corrected chi connectivity index (χ3v) is 2.54. The van der Waals surface area contributed by atoms with E-state index in [-0.39, 0.29) is 5.52 Å². The molecule has 1 heterocycles. The summed E-state index contributed by atoms with van der Waals surface area (Å²) in [6.07, 6.45) is -3.00. The highest BCUT2D eigenvalue weighted by Gasteiger charge is 2.34. The number of halogens is 4. The third kappa shape index (κ3) is 1.73. The van der Waals surface area contributed by atoms with Gasteiger partial charge in [-0.2, -0.15) is 13.2 Å². The summed E-state index contributed by atoms with van der Waals surface area (Å²) in [6.45, 7) is 0. The van der Waals surface area contributed by atoms with Gasteiger partial charge < -0.3 is 4.57 Å². The average molecular weight is 279 g/mol. The molecule has 0 amide bonds. The molecule has 0 aliphatic carbocycles. The van der Waals surface area contributed by atoms with Crippen LogP contribution in [0.3, 0.4) is 0 Å². The van der Waals surface area contributed by atoms with Gasteiger partial charge in [-0.1, -0.05) is 15.9 Å². The Hall–Kier alpha value is -1.04. The van der Waals surface area contributed by atoms with E-state index in [2.05, 4.69) is 20.9 Å². The molecule has 80 valence electrons. The molecule has 0 aliphatic heterocycles. The fourth-order valence-corrected chi connectivity index (χ4v) is 1.92. The lowest BCUT2D eigenvalue weighted by Gasteiger charge is -2.09. The molecule has 1 aromatic heterocycles. The van der Waals surface area contributed by atoms with Gasteiger partial charge in [0.05, 0.1) is 22.9 Å². The zero-order valence-electron chi connectivity index (χ0n) is 7.64. The third-order valence-electron chi connectivity index (χ3n) is 2.08. The molecular formula is C9H6BrF3N2. The van der Waals surface area contributed by atoms with Crippen molar-refractivity contribution >= 4 is 27.0 Å². The van der Waals surface area contributed by atoms with Crippen molar-refractivity contribution in [2.75, 3.05) is 0 Å². The zero-order chi connectivity index (χ0) is 11.2. The number of alkyl halides is 3. The van der Waals surface area contributed by atoms with Crippen LogP contribution in [-0.4, -0.2) is 9.55 Å². The molecule has 2 nitrogen and oxygen atoms in total. The molecule has 15 heavy (non-hydrogen) atoms. The van der Waals surface area contributed by atoms with Crippen molar-refractivity contribution in [3.05, 3.63) is 28.5 Å². The second-order valence-corrected chi connectivity index (χ2v) is 4.09. The fraction of sp³-hybridized carbons (Fsp3) is 0.222. The molecular weight excluding hydrogens is 273 g/mol. The Morgan fingerprint density at radius 2 is 2.00 bits per heavy atom. The van der Waals surface area contributed by atoms with Crippen LogP contribution in [-0.2, 0) is 13.2 Å². The maximum atomic E-state index is 12.7. The summed E-state index contributed by atoms with van der Waals surface area (Å²) in [6, 6.07) is 2.62. The second-order valence-electron chi connectivity index (χ2n) is 3.17. The monoisotopic (exact) mass is 278 g/mol. The van der Waals surface area contributed by atoms with E-state index >= 15 is 0 Å². The Labute approximate surface area is 91.8 Å². The predicted octanol–water partition coefficient (Wildman–Crippen LogP) is 3.35. The van der Waals surface area contributed by atoms with Crippen LogP contribution in [0.4, 0.5) is 13.2 Å². The van der Waals surface area contributed by atoms with Gasteiger partial charge in [0.1, 0.15) is 0 Å². The van der Waals surface area contributed by atoms with Gasteiger partial charge in [-0.05, 0) is 12.1 Å². The van der Waals surface area contributed by atoms with E-state index in [9.17, 15) is 13.2 Å². The summed E-state index contributed by atoms with van der Waals surface area (Å²) in [7, 11) is 1.54. The number of hydrogen-bond donors (Lipinski definition) is 0. The molecule has 0 fully saturated rings. The molecule has 0 N–H and O–H groups in total. The number of hydrogen-bond acceptors (Lipinski definition) is 1. The SMILES string of the molecule is Cn1cnc2cc(Br)cc(C(F)(F)F)c21. The lowest BCUT2D eigenvalue weighted by molar-refractivity contribution is -0.136. The topological polar surface area (TPSA) is 17.8 Å². The molecule has 1 aromatic carbocycles. The lowest BCUT2D eigenvalue weighted by Crippen LogP contribution is -2.07. The maximum Gasteiger partial charge on any atom is 0.418 e. The van der Waals surface area contributed by atoms with Crippen molar-refractivity contribution in [2.45, 2.75) is 6.18 Å². The Balaban J connectivity index is 2.87. The highest BCUT2D eigenvalue weighted by molar-refractivity contribution is 9.10. The number of fused-ring (bicyclic) bond motifs is 1. The van der Waals surface area contributed by atoms with Crippen molar-refractivity contribution in [3.8, 4) is 0 Å². The number of nitrogens with zero attached hydrogens (tertiary/aromatic N) is 2. The molecule has 0 saturated heterocycles. The average Bonchev–Trinajstić information content (AvgIpc) is 2.44. The second kappa shape index (κ2) is 3.23. The van der Waals surface area contributed by atoms with E-state index in [1.165, 1.54) is 10.9 Å². The maximum absolute atomic E-state index is 12.7. The van der Waals surface area contributed by atoms with Crippen LogP contribution in [0.15, 0.2) is 22.9 Å². The molecule has 2 rings (SSSR count). The first-order valence-corrected chi connectivity index (χ1v) is 4.86. The Bertz CT molecular complexity index is 516. The van der Waals surface area contributed by atoms with Crippen LogP contribution in [0.1, 0.15) is 5.56 Å². The number of rotatable bonds is 0. The normalized spacial score (nSPS) is 12.3. The Morgan fingerprint density at radius 1 is 1.33 bits per heavy atom. The minimum Gasteiger partial charge on any atom is -0.333 e. The molecule has 0 unspecified atom stereocenters. The number of benzene rings is 1. The van der Waals surface area contributed by atoms with Gasteiger partial charge in [0.2, 0.25) is 0 Å². The van der Waals surface area contributed by atoms with Gasteiger partial charge in [-0.15, -0.1) is 0 Å². The molecule has 0 radical (unpaired) electrons.